The van der Waals surface area contributed by atoms with Crippen molar-refractivity contribution in [2.45, 2.75) is 39.2 Å². The highest BCUT2D eigenvalue weighted by atomic mass is 16.5. The van der Waals surface area contributed by atoms with Gasteiger partial charge in [-0.2, -0.15) is 0 Å². The lowest BCUT2D eigenvalue weighted by molar-refractivity contribution is -0.142. The van der Waals surface area contributed by atoms with Gasteiger partial charge in [-0.1, -0.05) is 13.8 Å². The highest BCUT2D eigenvalue weighted by Gasteiger charge is 2.27. The van der Waals surface area contributed by atoms with E-state index in [1.807, 2.05) is 7.05 Å². The summed E-state index contributed by atoms with van der Waals surface area (Å²) in [6, 6.07) is 0.551. The van der Waals surface area contributed by atoms with Gasteiger partial charge in [-0.15, -0.1) is 0 Å². The predicted molar refractivity (Wildman–Crippen MR) is 60.6 cm³/mol. The number of methoxy groups -OCH3 is 1. The zero-order valence-electron chi connectivity index (χ0n) is 10.3. The Morgan fingerprint density at radius 1 is 1.33 bits per heavy atom. The van der Waals surface area contributed by atoms with Crippen molar-refractivity contribution in [3.63, 3.8) is 0 Å². The topological polar surface area (TPSA) is 29.5 Å². The number of hydrogen-bond acceptors (Lipinski definition) is 3. The molecule has 0 saturated heterocycles. The molecule has 3 atom stereocenters. The molecule has 0 aromatic heterocycles. The molecule has 0 aromatic carbocycles. The Hall–Kier alpha value is -0.570. The molecule has 0 bridgehead atoms. The molecule has 1 aliphatic rings. The summed E-state index contributed by atoms with van der Waals surface area (Å²) < 4.78 is 4.68. The molecule has 88 valence electrons. The summed E-state index contributed by atoms with van der Waals surface area (Å²) in [6.45, 7) is 5.05. The quantitative estimate of drug-likeness (QED) is 0.671. The molecule has 1 rings (SSSR count). The number of esters is 1. The number of hydrogen-bond donors (Lipinski definition) is 0. The van der Waals surface area contributed by atoms with Crippen molar-refractivity contribution >= 4 is 5.97 Å². The number of ether oxygens (including phenoxy) is 1. The van der Waals surface area contributed by atoms with Crippen LogP contribution < -0.4 is 0 Å². The molecule has 0 aliphatic heterocycles. The number of rotatable bonds is 3. The van der Waals surface area contributed by atoms with E-state index in [-0.39, 0.29) is 5.97 Å². The van der Waals surface area contributed by atoms with Crippen molar-refractivity contribution in [1.82, 2.24) is 4.90 Å². The van der Waals surface area contributed by atoms with Crippen LogP contribution in [0.2, 0.25) is 0 Å². The maximum Gasteiger partial charge on any atom is 0.319 e. The van der Waals surface area contributed by atoms with Crippen LogP contribution in [0.5, 0.6) is 0 Å². The van der Waals surface area contributed by atoms with E-state index < -0.39 is 0 Å². The van der Waals surface area contributed by atoms with Crippen LogP contribution in [-0.4, -0.2) is 37.6 Å². The molecule has 3 unspecified atom stereocenters. The van der Waals surface area contributed by atoms with Gasteiger partial charge in [0.1, 0.15) is 0 Å². The smallest absolute Gasteiger partial charge is 0.319 e. The molecule has 1 aliphatic carbocycles. The summed E-state index contributed by atoms with van der Waals surface area (Å²) in [6.07, 6.45) is 3.69. The van der Waals surface area contributed by atoms with E-state index in [2.05, 4.69) is 23.5 Å². The summed E-state index contributed by atoms with van der Waals surface area (Å²) in [5, 5.41) is 0. The monoisotopic (exact) mass is 213 g/mol. The van der Waals surface area contributed by atoms with Crippen LogP contribution >= 0.6 is 0 Å². The predicted octanol–water partition coefficient (Wildman–Crippen LogP) is 1.92. The Morgan fingerprint density at radius 2 is 2.00 bits per heavy atom. The molecule has 0 heterocycles. The lowest BCUT2D eigenvalue weighted by Gasteiger charge is -2.36. The normalized spacial score (nSPS) is 31.7. The fourth-order valence-corrected chi connectivity index (χ4v) is 2.32. The van der Waals surface area contributed by atoms with Crippen molar-refractivity contribution in [3.05, 3.63) is 0 Å². The third-order valence-corrected chi connectivity index (χ3v) is 3.80. The second kappa shape index (κ2) is 5.50. The largest absolute Gasteiger partial charge is 0.468 e. The highest BCUT2D eigenvalue weighted by Crippen LogP contribution is 2.31. The van der Waals surface area contributed by atoms with Gasteiger partial charge in [0.2, 0.25) is 0 Å². The number of carbonyl (C=O) groups is 1. The van der Waals surface area contributed by atoms with E-state index in [1.165, 1.54) is 26.4 Å². The van der Waals surface area contributed by atoms with E-state index in [0.717, 1.165) is 11.8 Å². The van der Waals surface area contributed by atoms with E-state index in [4.69, 9.17) is 0 Å². The number of nitrogens with zero attached hydrogens (tertiary/aromatic N) is 1. The second-order valence-corrected chi connectivity index (χ2v) is 4.91. The van der Waals surface area contributed by atoms with E-state index >= 15 is 0 Å². The SMILES string of the molecule is COC(=O)CN(C)C1CCC(C)C(C)C1. The van der Waals surface area contributed by atoms with Crippen molar-refractivity contribution in [2.75, 3.05) is 20.7 Å². The van der Waals surface area contributed by atoms with Gasteiger partial charge in [0.15, 0.2) is 0 Å². The first kappa shape index (κ1) is 12.5. The Morgan fingerprint density at radius 3 is 2.53 bits per heavy atom. The highest BCUT2D eigenvalue weighted by molar-refractivity contribution is 5.71. The van der Waals surface area contributed by atoms with Crippen LogP contribution in [0.1, 0.15) is 33.1 Å². The van der Waals surface area contributed by atoms with Crippen LogP contribution in [0, 0.1) is 11.8 Å². The minimum Gasteiger partial charge on any atom is -0.468 e. The molecule has 0 radical (unpaired) electrons. The molecule has 0 N–H and O–H groups in total. The molecule has 1 fully saturated rings. The van der Waals surface area contributed by atoms with Gasteiger partial charge >= 0.3 is 5.97 Å². The Bertz CT molecular complexity index is 218. The van der Waals surface area contributed by atoms with Crippen molar-refractivity contribution in [2.24, 2.45) is 11.8 Å². The van der Waals surface area contributed by atoms with Gasteiger partial charge in [-0.05, 0) is 38.1 Å². The van der Waals surface area contributed by atoms with E-state index in [0.29, 0.717) is 12.6 Å². The first-order chi connectivity index (χ1) is 7.04. The number of carbonyl (C=O) groups excluding carboxylic acids is 1. The summed E-state index contributed by atoms with van der Waals surface area (Å²) in [4.78, 5) is 13.3. The molecule has 3 nitrogen and oxygen atoms in total. The maximum atomic E-state index is 11.1. The summed E-state index contributed by atoms with van der Waals surface area (Å²) in [7, 11) is 3.46. The fraction of sp³-hybridized carbons (Fsp3) is 0.917. The maximum absolute atomic E-state index is 11.1. The van der Waals surface area contributed by atoms with Gasteiger partial charge in [-0.3, -0.25) is 9.69 Å². The van der Waals surface area contributed by atoms with E-state index in [1.54, 1.807) is 0 Å². The zero-order chi connectivity index (χ0) is 11.4. The van der Waals surface area contributed by atoms with Gasteiger partial charge in [-0.25, -0.2) is 0 Å². The van der Waals surface area contributed by atoms with Gasteiger partial charge in [0, 0.05) is 6.04 Å². The molecule has 1 saturated carbocycles. The molecule has 0 aromatic rings. The summed E-state index contributed by atoms with van der Waals surface area (Å²) in [5.41, 5.74) is 0. The van der Waals surface area contributed by atoms with E-state index in [9.17, 15) is 4.79 Å². The first-order valence-electron chi connectivity index (χ1n) is 5.81. The number of likely N-dealkylation sites (N-methyl/N-ethyl adjacent to an activating group) is 1. The minimum absolute atomic E-state index is 0.135. The molecule has 15 heavy (non-hydrogen) atoms. The van der Waals surface area contributed by atoms with Crippen molar-refractivity contribution in [3.8, 4) is 0 Å². The summed E-state index contributed by atoms with van der Waals surface area (Å²) in [5.74, 6) is 1.46. The van der Waals surface area contributed by atoms with Gasteiger partial charge in [0.05, 0.1) is 13.7 Å². The third kappa shape index (κ3) is 3.49. The Kier molecular flexibility index (Phi) is 4.58. The van der Waals surface area contributed by atoms with Crippen molar-refractivity contribution in [1.29, 1.82) is 0 Å². The second-order valence-electron chi connectivity index (χ2n) is 4.91. The van der Waals surface area contributed by atoms with Gasteiger partial charge in [0.25, 0.3) is 0 Å². The fourth-order valence-electron chi connectivity index (χ4n) is 2.32. The molecule has 0 spiro atoms. The lowest BCUT2D eigenvalue weighted by Crippen LogP contribution is -2.40. The van der Waals surface area contributed by atoms with Gasteiger partial charge < -0.3 is 4.74 Å². The standard InChI is InChI=1S/C12H23NO2/c1-9-5-6-11(7-10(9)2)13(3)8-12(14)15-4/h9-11H,5-8H2,1-4H3. The molecular weight excluding hydrogens is 190 g/mol. The summed E-state index contributed by atoms with van der Waals surface area (Å²) >= 11 is 0. The van der Waals surface area contributed by atoms with Crippen LogP contribution in [0.25, 0.3) is 0 Å². The average molecular weight is 213 g/mol. The lowest BCUT2D eigenvalue weighted by atomic mass is 9.78. The van der Waals surface area contributed by atoms with Crippen LogP contribution in [-0.2, 0) is 9.53 Å². The first-order valence-corrected chi connectivity index (χ1v) is 5.81. The molecule has 3 heteroatoms. The van der Waals surface area contributed by atoms with Crippen LogP contribution in [0.3, 0.4) is 0 Å². The third-order valence-electron chi connectivity index (χ3n) is 3.80. The Balaban J connectivity index is 2.40. The molecular formula is C12H23NO2. The zero-order valence-corrected chi connectivity index (χ0v) is 10.3. The Labute approximate surface area is 92.8 Å². The molecule has 0 amide bonds. The minimum atomic E-state index is -0.135. The van der Waals surface area contributed by atoms with Crippen LogP contribution in [0.15, 0.2) is 0 Å². The average Bonchev–Trinajstić information content (AvgIpc) is 2.21. The van der Waals surface area contributed by atoms with Crippen molar-refractivity contribution < 1.29 is 9.53 Å². The van der Waals surface area contributed by atoms with Crippen LogP contribution in [0.4, 0.5) is 0 Å².